The van der Waals surface area contributed by atoms with Crippen LogP contribution in [0.1, 0.15) is 44.1 Å². The Balaban J connectivity index is 0.000000227. The Kier molecular flexibility index (Phi) is 16.3. The molecule has 17 nitrogen and oxygen atoms in total. The number of likely N-dealkylation sites (tertiary alicyclic amines) is 1. The first kappa shape index (κ1) is 44.0. The number of amides is 3. The van der Waals surface area contributed by atoms with E-state index in [1.807, 2.05) is 39.0 Å². The normalized spacial score (nSPS) is 19.9. The van der Waals surface area contributed by atoms with Crippen LogP contribution in [0, 0.1) is 0 Å². The molecule has 1 aromatic carbocycles. The molecule has 0 spiro atoms. The van der Waals surface area contributed by atoms with E-state index >= 15 is 0 Å². The fraction of sp³-hybridized carbons (Fsp3) is 0.528. The number of ether oxygens (including phenoxy) is 2. The molecule has 2 aromatic heterocycles. The Morgan fingerprint density at radius 3 is 1.75 bits per heavy atom. The summed E-state index contributed by atoms with van der Waals surface area (Å²) in [6.45, 7) is 5.24. The van der Waals surface area contributed by atoms with Gasteiger partial charge in [-0.2, -0.15) is 10.2 Å². The number of carbonyl (C=O) groups is 3. The fourth-order valence-corrected chi connectivity index (χ4v) is 7.98. The van der Waals surface area contributed by atoms with E-state index in [4.69, 9.17) is 32.7 Å². The minimum Gasteiger partial charge on any atom is -0.444 e. The maximum absolute atomic E-state index is 12.6. The lowest BCUT2D eigenvalue weighted by Gasteiger charge is -2.32. The summed E-state index contributed by atoms with van der Waals surface area (Å²) in [4.78, 5) is 65.8. The van der Waals surface area contributed by atoms with Gasteiger partial charge in [0.05, 0.1) is 43.3 Å². The van der Waals surface area contributed by atoms with Crippen molar-refractivity contribution in [1.29, 1.82) is 0 Å². The van der Waals surface area contributed by atoms with Gasteiger partial charge in [0.25, 0.3) is 11.1 Å². The molecule has 0 radical (unpaired) electrons. The van der Waals surface area contributed by atoms with Crippen LogP contribution in [0.2, 0.25) is 10.0 Å². The van der Waals surface area contributed by atoms with Gasteiger partial charge >= 0.3 is 12.2 Å². The van der Waals surface area contributed by atoms with Crippen LogP contribution in [0.3, 0.4) is 0 Å². The van der Waals surface area contributed by atoms with Gasteiger partial charge in [-0.1, -0.05) is 57.3 Å². The lowest BCUT2D eigenvalue weighted by molar-refractivity contribution is -0.131. The maximum Gasteiger partial charge on any atom is 0.407 e. The number of anilines is 2. The zero-order valence-electron chi connectivity index (χ0n) is 31.0. The number of aromatic amines is 2. The third kappa shape index (κ3) is 12.2. The summed E-state index contributed by atoms with van der Waals surface area (Å²) >= 11 is 15.6. The number of hydrogen-bond donors (Lipinski definition) is 5. The number of nitrogens with zero attached hydrogens (tertiary/aromatic N) is 5. The van der Waals surface area contributed by atoms with Crippen LogP contribution in [0.15, 0.2) is 50.7 Å². The van der Waals surface area contributed by atoms with Crippen molar-refractivity contribution in [2.24, 2.45) is 0 Å². The Morgan fingerprint density at radius 1 is 0.754 bits per heavy atom. The van der Waals surface area contributed by atoms with E-state index in [0.29, 0.717) is 82.7 Å². The molecule has 0 saturated carbocycles. The molecular weight excluding hydrogens is 871 g/mol. The number of hydrogen-bond acceptors (Lipinski definition) is 12. The van der Waals surface area contributed by atoms with E-state index in [-0.39, 0.29) is 58.7 Å². The highest BCUT2D eigenvalue weighted by Gasteiger charge is 2.31. The lowest BCUT2D eigenvalue weighted by atomic mass is 10.0. The number of rotatable bonds is 8. The second-order valence-electron chi connectivity index (χ2n) is 14.1. The van der Waals surface area contributed by atoms with Crippen LogP contribution in [0.5, 0.6) is 0 Å². The summed E-state index contributed by atoms with van der Waals surface area (Å²) in [5.41, 5.74) is 1.20. The van der Waals surface area contributed by atoms with Crippen molar-refractivity contribution in [3.05, 3.63) is 77.4 Å². The van der Waals surface area contributed by atoms with Gasteiger partial charge in [-0.25, -0.2) is 19.8 Å². The number of aromatic nitrogens is 4. The third-order valence-corrected chi connectivity index (χ3v) is 11.7. The molecule has 0 bridgehead atoms. The van der Waals surface area contributed by atoms with E-state index in [9.17, 15) is 24.0 Å². The summed E-state index contributed by atoms with van der Waals surface area (Å²) in [6.07, 6.45) is 6.54. The van der Waals surface area contributed by atoms with Gasteiger partial charge in [0, 0.05) is 55.6 Å². The first-order chi connectivity index (χ1) is 27.0. The highest BCUT2D eigenvalue weighted by Crippen LogP contribution is 2.27. The van der Waals surface area contributed by atoms with Crippen LogP contribution < -0.4 is 36.9 Å². The Labute approximate surface area is 353 Å². The summed E-state index contributed by atoms with van der Waals surface area (Å²) in [5.74, 6) is 0.0851. The van der Waals surface area contributed by atoms with Crippen molar-refractivity contribution in [3.8, 4) is 0 Å². The van der Waals surface area contributed by atoms with E-state index in [1.54, 1.807) is 0 Å². The molecule has 6 heterocycles. The van der Waals surface area contributed by atoms with Gasteiger partial charge in [-0.05, 0) is 50.4 Å². The quantitative estimate of drug-likeness (QED) is 0.220. The summed E-state index contributed by atoms with van der Waals surface area (Å²) in [6, 6.07) is 7.85. The number of benzene rings is 1. The van der Waals surface area contributed by atoms with Gasteiger partial charge in [-0.3, -0.25) is 14.4 Å². The zero-order chi connectivity index (χ0) is 39.6. The smallest absolute Gasteiger partial charge is 0.407 e. The van der Waals surface area contributed by atoms with Crippen molar-refractivity contribution >= 4 is 81.0 Å². The monoisotopic (exact) mass is 914 g/mol. The minimum absolute atomic E-state index is 0. The molecule has 7 rings (SSSR count). The molecule has 4 aliphatic rings. The number of carbonyl (C=O) groups excluding carboxylic acids is 3. The van der Waals surface area contributed by atoms with Crippen molar-refractivity contribution in [2.75, 3.05) is 62.2 Å². The molecule has 4 saturated heterocycles. The number of H-pyrrole nitrogens is 2. The second kappa shape index (κ2) is 21.1. The molecule has 3 amide bonds. The van der Waals surface area contributed by atoms with Gasteiger partial charge in [0.15, 0.2) is 0 Å². The standard InChI is InChI=1S/C22H25BrClN5O4.C14H20ClN5O3.ClH/c23-17-4-2-1-3-14(17)11-19(30)28-8-5-15(6-9-28)26-22(32)33-16-7-10-29(13-16)18-12-25-27-21(31)20(18)24;15-12-11(7-17-19-13(12)21)20-6-3-10(8-20)23-14(22)18-9-1-4-16-5-2-9;/h1-4,12,15-16H,5-11,13H2,(H,26,32)(H,27,31);7,9-10,16H,1-6,8H2,(H,18,22)(H,19,21);1H/t16-;10-;/m11./s1. The van der Waals surface area contributed by atoms with E-state index in [2.05, 4.69) is 52.3 Å². The van der Waals surface area contributed by atoms with Crippen molar-refractivity contribution in [3.63, 3.8) is 0 Å². The fourth-order valence-electron chi connectivity index (χ4n) is 7.14. The summed E-state index contributed by atoms with van der Waals surface area (Å²) in [5, 5.41) is 21.4. The Morgan fingerprint density at radius 2 is 1.25 bits per heavy atom. The largest absolute Gasteiger partial charge is 0.444 e. The number of piperidine rings is 2. The first-order valence-electron chi connectivity index (χ1n) is 18.7. The Hall–Kier alpha value is -4.10. The molecule has 4 fully saturated rings. The average molecular weight is 917 g/mol. The second-order valence-corrected chi connectivity index (χ2v) is 15.7. The molecular formula is C36H46BrCl3N10O7. The topological polar surface area (TPSA) is 207 Å². The van der Waals surface area contributed by atoms with E-state index in [1.165, 1.54) is 12.4 Å². The van der Waals surface area contributed by atoms with Crippen LogP contribution in [0.25, 0.3) is 0 Å². The van der Waals surface area contributed by atoms with Crippen LogP contribution in [0.4, 0.5) is 21.0 Å². The Bertz CT molecular complexity index is 1960. The predicted octanol–water partition coefficient (Wildman–Crippen LogP) is 3.63. The molecule has 2 atom stereocenters. The molecule has 0 unspecified atom stereocenters. The van der Waals surface area contributed by atoms with Gasteiger partial charge < -0.3 is 40.1 Å². The minimum atomic E-state index is -0.463. The van der Waals surface area contributed by atoms with Crippen molar-refractivity contribution < 1.29 is 23.9 Å². The number of halogens is 4. The molecule has 5 N–H and O–H groups in total. The van der Waals surface area contributed by atoms with Gasteiger partial charge in [0.1, 0.15) is 22.3 Å². The molecule has 21 heteroatoms. The first-order valence-corrected chi connectivity index (χ1v) is 20.2. The van der Waals surface area contributed by atoms with Crippen LogP contribution >= 0.6 is 51.5 Å². The molecule has 4 aliphatic heterocycles. The van der Waals surface area contributed by atoms with Gasteiger partial charge in [0.2, 0.25) is 5.91 Å². The van der Waals surface area contributed by atoms with Crippen LogP contribution in [-0.2, 0) is 20.7 Å². The highest BCUT2D eigenvalue weighted by molar-refractivity contribution is 9.10. The average Bonchev–Trinajstić information content (AvgIpc) is 3.85. The predicted molar refractivity (Wildman–Crippen MR) is 221 cm³/mol. The zero-order valence-corrected chi connectivity index (χ0v) is 34.9. The van der Waals surface area contributed by atoms with E-state index < -0.39 is 17.2 Å². The molecule has 310 valence electrons. The molecule has 0 aliphatic carbocycles. The number of alkyl carbamates (subject to hydrolysis) is 2. The lowest BCUT2D eigenvalue weighted by Crippen LogP contribution is -2.47. The van der Waals surface area contributed by atoms with Crippen molar-refractivity contribution in [2.45, 2.75) is 69.2 Å². The highest BCUT2D eigenvalue weighted by atomic mass is 79.9. The van der Waals surface area contributed by atoms with Crippen molar-refractivity contribution in [1.82, 2.24) is 41.2 Å². The summed E-state index contributed by atoms with van der Waals surface area (Å²) < 4.78 is 12.0. The van der Waals surface area contributed by atoms with Crippen LogP contribution in [-0.4, -0.2) is 120 Å². The summed E-state index contributed by atoms with van der Waals surface area (Å²) in [7, 11) is 0. The maximum atomic E-state index is 12.6. The molecule has 3 aromatic rings. The van der Waals surface area contributed by atoms with E-state index in [0.717, 1.165) is 36.0 Å². The SMILES string of the molecule is Cl.O=C(NC1CCN(C(=O)Cc2ccccc2Br)CC1)O[C@@H]1CCN(c2cn[nH]c(=O)c2Cl)C1.O=C(NC1CCNCC1)O[C@@H]1CCN(c2cn[nH]c(=O)c2Cl)C1. The number of nitrogens with one attached hydrogen (secondary N) is 5. The van der Waals surface area contributed by atoms with Gasteiger partial charge in [-0.15, -0.1) is 12.4 Å². The molecule has 57 heavy (non-hydrogen) atoms. The third-order valence-electron chi connectivity index (χ3n) is 10.2.